The van der Waals surface area contributed by atoms with E-state index in [-0.39, 0.29) is 12.3 Å². The van der Waals surface area contributed by atoms with E-state index < -0.39 is 0 Å². The van der Waals surface area contributed by atoms with Gasteiger partial charge in [-0.2, -0.15) is 0 Å². The standard InChI is InChI=1S/C14H20N2O4/c1-3-18-12-6-4-11(5-7-12)15-14(17)16(2)10-13-19-8-9-20-13/h4-7,13H,3,8-10H2,1-2H3,(H,15,17). The van der Waals surface area contributed by atoms with Gasteiger partial charge in [0.25, 0.3) is 0 Å². The number of anilines is 1. The van der Waals surface area contributed by atoms with E-state index >= 15 is 0 Å². The van der Waals surface area contributed by atoms with Crippen LogP contribution in [0.3, 0.4) is 0 Å². The van der Waals surface area contributed by atoms with E-state index in [2.05, 4.69) is 5.32 Å². The second-order valence-corrected chi connectivity index (χ2v) is 4.44. The van der Waals surface area contributed by atoms with Crippen molar-refractivity contribution in [2.75, 3.05) is 38.7 Å². The maximum absolute atomic E-state index is 12.0. The van der Waals surface area contributed by atoms with Crippen molar-refractivity contribution in [3.63, 3.8) is 0 Å². The molecule has 0 atom stereocenters. The van der Waals surface area contributed by atoms with Gasteiger partial charge in [0.2, 0.25) is 0 Å². The summed E-state index contributed by atoms with van der Waals surface area (Å²) in [5.74, 6) is 0.784. The number of carbonyl (C=O) groups is 1. The number of hydrogen-bond donors (Lipinski definition) is 1. The molecule has 1 heterocycles. The fourth-order valence-corrected chi connectivity index (χ4v) is 1.84. The topological polar surface area (TPSA) is 60.0 Å². The van der Waals surface area contributed by atoms with Gasteiger partial charge in [-0.15, -0.1) is 0 Å². The van der Waals surface area contributed by atoms with Gasteiger partial charge in [-0.25, -0.2) is 4.79 Å². The predicted molar refractivity (Wildman–Crippen MR) is 75.0 cm³/mol. The van der Waals surface area contributed by atoms with Gasteiger partial charge in [0.05, 0.1) is 26.4 Å². The molecule has 1 saturated heterocycles. The summed E-state index contributed by atoms with van der Waals surface area (Å²) in [5.41, 5.74) is 0.721. The third kappa shape index (κ3) is 4.11. The molecule has 0 spiro atoms. The van der Waals surface area contributed by atoms with Crippen LogP contribution in [0, 0.1) is 0 Å². The lowest BCUT2D eigenvalue weighted by molar-refractivity contribution is -0.0518. The first kappa shape index (κ1) is 14.6. The van der Waals surface area contributed by atoms with Crippen molar-refractivity contribution in [3.8, 4) is 5.75 Å². The van der Waals surface area contributed by atoms with Crippen LogP contribution in [-0.4, -0.2) is 50.6 Å². The molecule has 1 N–H and O–H groups in total. The summed E-state index contributed by atoms with van der Waals surface area (Å²) >= 11 is 0. The molecule has 6 nitrogen and oxygen atoms in total. The van der Waals surface area contributed by atoms with Gasteiger partial charge in [-0.3, -0.25) is 0 Å². The van der Waals surface area contributed by atoms with Crippen LogP contribution in [0.25, 0.3) is 0 Å². The number of ether oxygens (including phenoxy) is 3. The number of nitrogens with one attached hydrogen (secondary N) is 1. The van der Waals surface area contributed by atoms with Crippen LogP contribution in [-0.2, 0) is 9.47 Å². The average Bonchev–Trinajstić information content (AvgIpc) is 2.94. The van der Waals surface area contributed by atoms with Crippen molar-refractivity contribution in [2.24, 2.45) is 0 Å². The zero-order valence-corrected chi connectivity index (χ0v) is 11.8. The van der Waals surface area contributed by atoms with Gasteiger partial charge >= 0.3 is 6.03 Å². The molecular formula is C14H20N2O4. The minimum atomic E-state index is -0.328. The lowest BCUT2D eigenvalue weighted by Crippen LogP contribution is -2.37. The normalized spacial score (nSPS) is 15.1. The lowest BCUT2D eigenvalue weighted by Gasteiger charge is -2.20. The average molecular weight is 280 g/mol. The van der Waals surface area contributed by atoms with Crippen LogP contribution in [0.2, 0.25) is 0 Å². The van der Waals surface area contributed by atoms with Crippen molar-refractivity contribution in [3.05, 3.63) is 24.3 Å². The summed E-state index contributed by atoms with van der Waals surface area (Å²) in [6, 6.07) is 7.05. The highest BCUT2D eigenvalue weighted by Crippen LogP contribution is 2.16. The molecule has 6 heteroatoms. The fraction of sp³-hybridized carbons (Fsp3) is 0.500. The molecular weight excluding hydrogens is 260 g/mol. The molecule has 2 amide bonds. The van der Waals surface area contributed by atoms with E-state index in [0.29, 0.717) is 26.4 Å². The first-order valence-corrected chi connectivity index (χ1v) is 6.67. The van der Waals surface area contributed by atoms with E-state index in [1.54, 1.807) is 19.2 Å². The number of carbonyl (C=O) groups excluding carboxylic acids is 1. The molecule has 0 bridgehead atoms. The number of urea groups is 1. The van der Waals surface area contributed by atoms with Gasteiger partial charge in [0, 0.05) is 12.7 Å². The lowest BCUT2D eigenvalue weighted by atomic mass is 10.3. The summed E-state index contributed by atoms with van der Waals surface area (Å²) in [6.07, 6.45) is -0.328. The van der Waals surface area contributed by atoms with Crippen molar-refractivity contribution in [1.29, 1.82) is 0 Å². The van der Waals surface area contributed by atoms with Crippen LogP contribution in [0.1, 0.15) is 6.92 Å². The molecule has 1 aromatic rings. The highest BCUT2D eigenvalue weighted by Gasteiger charge is 2.20. The number of nitrogens with zero attached hydrogens (tertiary/aromatic N) is 1. The maximum Gasteiger partial charge on any atom is 0.321 e. The molecule has 0 aliphatic carbocycles. The Labute approximate surface area is 118 Å². The van der Waals surface area contributed by atoms with Gasteiger partial charge in [-0.05, 0) is 31.2 Å². The molecule has 20 heavy (non-hydrogen) atoms. The van der Waals surface area contributed by atoms with Gasteiger partial charge in [-0.1, -0.05) is 0 Å². The number of likely N-dealkylation sites (N-methyl/N-ethyl adjacent to an activating group) is 1. The molecule has 1 aliphatic rings. The molecule has 1 aromatic carbocycles. The van der Waals surface area contributed by atoms with Crippen LogP contribution in [0.5, 0.6) is 5.75 Å². The van der Waals surface area contributed by atoms with Crippen molar-refractivity contribution in [1.82, 2.24) is 4.90 Å². The number of rotatable bonds is 5. The third-order valence-electron chi connectivity index (χ3n) is 2.88. The van der Waals surface area contributed by atoms with Crippen LogP contribution in [0.4, 0.5) is 10.5 Å². The monoisotopic (exact) mass is 280 g/mol. The van der Waals surface area contributed by atoms with E-state index in [1.165, 1.54) is 4.90 Å². The van der Waals surface area contributed by atoms with Crippen LogP contribution < -0.4 is 10.1 Å². The minimum absolute atomic E-state index is 0.201. The highest BCUT2D eigenvalue weighted by molar-refractivity contribution is 5.89. The molecule has 110 valence electrons. The Balaban J connectivity index is 1.83. The highest BCUT2D eigenvalue weighted by atomic mass is 16.7. The van der Waals surface area contributed by atoms with Crippen molar-refractivity contribution >= 4 is 11.7 Å². The molecule has 1 fully saturated rings. The third-order valence-corrected chi connectivity index (χ3v) is 2.88. The molecule has 2 rings (SSSR count). The van der Waals surface area contributed by atoms with Crippen molar-refractivity contribution in [2.45, 2.75) is 13.2 Å². The van der Waals surface area contributed by atoms with Crippen LogP contribution >= 0.6 is 0 Å². The second-order valence-electron chi connectivity index (χ2n) is 4.44. The number of hydrogen-bond acceptors (Lipinski definition) is 4. The van der Waals surface area contributed by atoms with Crippen molar-refractivity contribution < 1.29 is 19.0 Å². The van der Waals surface area contributed by atoms with Gasteiger partial charge in [0.15, 0.2) is 6.29 Å². The zero-order valence-electron chi connectivity index (χ0n) is 11.8. The largest absolute Gasteiger partial charge is 0.494 e. The Hall–Kier alpha value is -1.79. The molecule has 0 aromatic heterocycles. The molecule has 0 radical (unpaired) electrons. The SMILES string of the molecule is CCOc1ccc(NC(=O)N(C)CC2OCCO2)cc1. The second kappa shape index (κ2) is 7.12. The number of benzene rings is 1. The fourth-order valence-electron chi connectivity index (χ4n) is 1.84. The predicted octanol–water partition coefficient (Wildman–Crippen LogP) is 1.92. The summed E-state index contributed by atoms with van der Waals surface area (Å²) in [5, 5.41) is 2.81. The van der Waals surface area contributed by atoms with E-state index in [9.17, 15) is 4.79 Å². The summed E-state index contributed by atoms with van der Waals surface area (Å²) in [4.78, 5) is 13.5. The quantitative estimate of drug-likeness (QED) is 0.895. The van der Waals surface area contributed by atoms with Gasteiger partial charge < -0.3 is 24.4 Å². The Morgan fingerprint density at radius 1 is 1.35 bits per heavy atom. The minimum Gasteiger partial charge on any atom is -0.494 e. The van der Waals surface area contributed by atoms with E-state index in [0.717, 1.165) is 11.4 Å². The smallest absolute Gasteiger partial charge is 0.321 e. The molecule has 0 saturated carbocycles. The molecule has 0 unspecified atom stereocenters. The summed E-state index contributed by atoms with van der Waals surface area (Å²) in [6.45, 7) is 4.12. The van der Waals surface area contributed by atoms with E-state index in [1.807, 2.05) is 19.1 Å². The Morgan fingerprint density at radius 2 is 2.00 bits per heavy atom. The first-order chi connectivity index (χ1) is 9.69. The Kier molecular flexibility index (Phi) is 5.20. The Bertz CT molecular complexity index is 429. The first-order valence-electron chi connectivity index (χ1n) is 6.67. The van der Waals surface area contributed by atoms with E-state index in [4.69, 9.17) is 14.2 Å². The number of amides is 2. The summed E-state index contributed by atoms with van der Waals surface area (Å²) in [7, 11) is 1.70. The zero-order chi connectivity index (χ0) is 14.4. The maximum atomic E-state index is 12.0. The van der Waals surface area contributed by atoms with Gasteiger partial charge in [0.1, 0.15) is 5.75 Å². The van der Waals surface area contributed by atoms with Crippen LogP contribution in [0.15, 0.2) is 24.3 Å². The molecule has 1 aliphatic heterocycles. The Morgan fingerprint density at radius 3 is 2.60 bits per heavy atom. The summed E-state index contributed by atoms with van der Waals surface area (Å²) < 4.78 is 16.0.